The zero-order valence-corrected chi connectivity index (χ0v) is 14.8. The molecule has 2 aromatic heterocycles. The molecule has 1 fully saturated rings. The monoisotopic (exact) mass is 333 g/mol. The molecule has 0 unspecified atom stereocenters. The lowest BCUT2D eigenvalue weighted by atomic mass is 10.1. The second-order valence-electron chi connectivity index (χ2n) is 6.70. The van der Waals surface area contributed by atoms with E-state index < -0.39 is 0 Å². The molecule has 4 rings (SSSR count). The Balaban J connectivity index is 1.42. The zero-order chi connectivity index (χ0) is 17.2. The van der Waals surface area contributed by atoms with Crippen molar-refractivity contribution >= 4 is 16.7 Å². The van der Waals surface area contributed by atoms with E-state index in [2.05, 4.69) is 55.9 Å². The molecule has 3 heterocycles. The number of aryl methyl sites for hydroxylation is 1. The topological polar surface area (TPSA) is 45.2 Å². The Morgan fingerprint density at radius 3 is 2.64 bits per heavy atom. The third-order valence-corrected chi connectivity index (χ3v) is 5.05. The summed E-state index contributed by atoms with van der Waals surface area (Å²) in [6.07, 6.45) is 3.52. The standard InChI is InChI=1S/C20H23N5/c1-15-16(2)22-14-23-20(15)25-10-8-24(9-11-25)13-17-5-6-19-18(12-17)4-3-7-21-19/h3-7,12,14H,8-11,13H2,1-2H3. The summed E-state index contributed by atoms with van der Waals surface area (Å²) in [5.74, 6) is 1.09. The van der Waals surface area contributed by atoms with Crippen LogP contribution < -0.4 is 4.90 Å². The second kappa shape index (κ2) is 6.76. The van der Waals surface area contributed by atoms with Gasteiger partial charge in [-0.2, -0.15) is 0 Å². The molecule has 5 heteroatoms. The summed E-state index contributed by atoms with van der Waals surface area (Å²) >= 11 is 0. The van der Waals surface area contributed by atoms with Crippen LogP contribution in [0.25, 0.3) is 10.9 Å². The van der Waals surface area contributed by atoms with Gasteiger partial charge in [-0.3, -0.25) is 9.88 Å². The van der Waals surface area contributed by atoms with Crippen molar-refractivity contribution in [3.63, 3.8) is 0 Å². The molecular formula is C20H23N5. The van der Waals surface area contributed by atoms with Crippen LogP contribution >= 0.6 is 0 Å². The van der Waals surface area contributed by atoms with E-state index in [4.69, 9.17) is 0 Å². The van der Waals surface area contributed by atoms with Gasteiger partial charge in [-0.25, -0.2) is 9.97 Å². The van der Waals surface area contributed by atoms with Crippen LogP contribution in [0.15, 0.2) is 42.9 Å². The summed E-state index contributed by atoms with van der Waals surface area (Å²) in [5, 5.41) is 1.21. The normalized spacial score (nSPS) is 15.7. The first-order valence-electron chi connectivity index (χ1n) is 8.80. The highest BCUT2D eigenvalue weighted by Gasteiger charge is 2.20. The number of aromatic nitrogens is 3. The van der Waals surface area contributed by atoms with Crippen molar-refractivity contribution in [3.8, 4) is 0 Å². The Hall–Kier alpha value is -2.53. The molecule has 3 aromatic rings. The van der Waals surface area contributed by atoms with Crippen molar-refractivity contribution in [2.24, 2.45) is 0 Å². The Labute approximate surface area is 148 Å². The highest BCUT2D eigenvalue weighted by atomic mass is 15.3. The summed E-state index contributed by atoms with van der Waals surface area (Å²) < 4.78 is 0. The number of benzene rings is 1. The van der Waals surface area contributed by atoms with Crippen molar-refractivity contribution in [2.75, 3.05) is 31.1 Å². The summed E-state index contributed by atoms with van der Waals surface area (Å²) in [6.45, 7) is 9.26. The molecule has 0 atom stereocenters. The first-order valence-corrected chi connectivity index (χ1v) is 8.80. The van der Waals surface area contributed by atoms with Crippen LogP contribution in [0.5, 0.6) is 0 Å². The zero-order valence-electron chi connectivity index (χ0n) is 14.8. The lowest BCUT2D eigenvalue weighted by Gasteiger charge is -2.36. The Bertz CT molecular complexity index is 884. The third kappa shape index (κ3) is 3.33. The number of piperazine rings is 1. The van der Waals surface area contributed by atoms with Gasteiger partial charge in [0.25, 0.3) is 0 Å². The first-order chi connectivity index (χ1) is 12.2. The van der Waals surface area contributed by atoms with Crippen molar-refractivity contribution in [1.82, 2.24) is 19.9 Å². The largest absolute Gasteiger partial charge is 0.354 e. The van der Waals surface area contributed by atoms with E-state index in [1.807, 2.05) is 19.2 Å². The molecule has 0 N–H and O–H groups in total. The molecule has 0 radical (unpaired) electrons. The van der Waals surface area contributed by atoms with E-state index in [9.17, 15) is 0 Å². The number of rotatable bonds is 3. The number of nitrogens with zero attached hydrogens (tertiary/aromatic N) is 5. The maximum absolute atomic E-state index is 4.50. The Morgan fingerprint density at radius 2 is 1.80 bits per heavy atom. The lowest BCUT2D eigenvalue weighted by molar-refractivity contribution is 0.249. The van der Waals surface area contributed by atoms with E-state index in [1.54, 1.807) is 6.33 Å². The van der Waals surface area contributed by atoms with Crippen molar-refractivity contribution in [3.05, 3.63) is 59.7 Å². The summed E-state index contributed by atoms with van der Waals surface area (Å²) in [6, 6.07) is 10.7. The summed E-state index contributed by atoms with van der Waals surface area (Å²) in [7, 11) is 0. The van der Waals surface area contributed by atoms with Gasteiger partial charge in [0.15, 0.2) is 0 Å². The fraction of sp³-hybridized carbons (Fsp3) is 0.350. The van der Waals surface area contributed by atoms with Gasteiger partial charge in [0, 0.05) is 55.6 Å². The van der Waals surface area contributed by atoms with Crippen molar-refractivity contribution < 1.29 is 0 Å². The molecule has 0 saturated carbocycles. The minimum absolute atomic E-state index is 0.987. The van der Waals surface area contributed by atoms with E-state index in [0.29, 0.717) is 0 Å². The van der Waals surface area contributed by atoms with Gasteiger partial charge < -0.3 is 4.90 Å². The molecule has 0 aliphatic carbocycles. The fourth-order valence-electron chi connectivity index (χ4n) is 3.44. The number of hydrogen-bond acceptors (Lipinski definition) is 5. The van der Waals surface area contributed by atoms with Crippen LogP contribution in [0.3, 0.4) is 0 Å². The third-order valence-electron chi connectivity index (χ3n) is 5.05. The molecule has 1 aliphatic heterocycles. The smallest absolute Gasteiger partial charge is 0.135 e. The van der Waals surface area contributed by atoms with E-state index >= 15 is 0 Å². The SMILES string of the molecule is Cc1ncnc(N2CCN(Cc3ccc4ncccc4c3)CC2)c1C. The number of pyridine rings is 1. The van der Waals surface area contributed by atoms with Crippen molar-refractivity contribution in [1.29, 1.82) is 0 Å². The summed E-state index contributed by atoms with van der Waals surface area (Å²) in [4.78, 5) is 18.1. The van der Waals surface area contributed by atoms with Crippen LogP contribution in [0.1, 0.15) is 16.8 Å². The lowest BCUT2D eigenvalue weighted by Crippen LogP contribution is -2.46. The van der Waals surface area contributed by atoms with Gasteiger partial charge in [0.2, 0.25) is 0 Å². The number of hydrogen-bond donors (Lipinski definition) is 0. The first kappa shape index (κ1) is 16.0. The molecule has 0 amide bonds. The minimum Gasteiger partial charge on any atom is -0.354 e. The quantitative estimate of drug-likeness (QED) is 0.737. The predicted octanol–water partition coefficient (Wildman–Crippen LogP) is 2.96. The fourth-order valence-corrected chi connectivity index (χ4v) is 3.44. The molecule has 25 heavy (non-hydrogen) atoms. The highest BCUT2D eigenvalue weighted by molar-refractivity contribution is 5.78. The Kier molecular flexibility index (Phi) is 4.32. The van der Waals surface area contributed by atoms with Crippen LogP contribution in [-0.4, -0.2) is 46.0 Å². The van der Waals surface area contributed by atoms with Gasteiger partial charge >= 0.3 is 0 Å². The van der Waals surface area contributed by atoms with E-state index in [-0.39, 0.29) is 0 Å². The molecule has 1 saturated heterocycles. The van der Waals surface area contributed by atoms with E-state index in [1.165, 1.54) is 16.5 Å². The second-order valence-corrected chi connectivity index (χ2v) is 6.70. The molecule has 1 aliphatic rings. The summed E-state index contributed by atoms with van der Waals surface area (Å²) in [5.41, 5.74) is 4.67. The minimum atomic E-state index is 0.987. The van der Waals surface area contributed by atoms with Gasteiger partial charge in [0.05, 0.1) is 5.52 Å². The van der Waals surface area contributed by atoms with Crippen molar-refractivity contribution in [2.45, 2.75) is 20.4 Å². The molecule has 0 bridgehead atoms. The van der Waals surface area contributed by atoms with Gasteiger partial charge in [-0.05, 0) is 37.6 Å². The maximum Gasteiger partial charge on any atom is 0.135 e. The Morgan fingerprint density at radius 1 is 0.960 bits per heavy atom. The molecule has 1 aromatic carbocycles. The molecule has 0 spiro atoms. The van der Waals surface area contributed by atoms with Gasteiger partial charge in [0.1, 0.15) is 12.1 Å². The van der Waals surface area contributed by atoms with Crippen LogP contribution in [0.4, 0.5) is 5.82 Å². The average molecular weight is 333 g/mol. The van der Waals surface area contributed by atoms with Gasteiger partial charge in [-0.1, -0.05) is 12.1 Å². The van der Waals surface area contributed by atoms with Crippen LogP contribution in [0, 0.1) is 13.8 Å². The predicted molar refractivity (Wildman–Crippen MR) is 101 cm³/mol. The van der Waals surface area contributed by atoms with Crippen LogP contribution in [0.2, 0.25) is 0 Å². The van der Waals surface area contributed by atoms with E-state index in [0.717, 1.165) is 49.8 Å². The van der Waals surface area contributed by atoms with Crippen LogP contribution in [-0.2, 0) is 6.54 Å². The molecular weight excluding hydrogens is 310 g/mol. The number of fused-ring (bicyclic) bond motifs is 1. The van der Waals surface area contributed by atoms with Gasteiger partial charge in [-0.15, -0.1) is 0 Å². The highest BCUT2D eigenvalue weighted by Crippen LogP contribution is 2.21. The molecule has 5 nitrogen and oxygen atoms in total. The molecule has 128 valence electrons. The maximum atomic E-state index is 4.50. The average Bonchev–Trinajstić information content (AvgIpc) is 2.65. The number of anilines is 1.